The van der Waals surface area contributed by atoms with Crippen LogP contribution >= 0.6 is 0 Å². The zero-order valence-corrected chi connectivity index (χ0v) is 12.4. The molecule has 0 bridgehead atoms. The van der Waals surface area contributed by atoms with Crippen molar-refractivity contribution in [2.24, 2.45) is 11.3 Å². The van der Waals surface area contributed by atoms with Crippen LogP contribution in [-0.2, 0) is 9.53 Å². The number of carboxylic acid groups (broad SMARTS) is 1. The summed E-state index contributed by atoms with van der Waals surface area (Å²) in [5.74, 6) is -0.400. The van der Waals surface area contributed by atoms with Crippen LogP contribution in [0.4, 0.5) is 0 Å². The maximum Gasteiger partial charge on any atom is 0.309 e. The van der Waals surface area contributed by atoms with Gasteiger partial charge in [-0.25, -0.2) is 0 Å². The predicted molar refractivity (Wildman–Crippen MR) is 74.1 cm³/mol. The summed E-state index contributed by atoms with van der Waals surface area (Å²) in [6, 6.07) is 0.983. The molecule has 1 saturated heterocycles. The van der Waals surface area contributed by atoms with Gasteiger partial charge in [-0.1, -0.05) is 13.8 Å². The molecule has 0 aromatic carbocycles. The van der Waals surface area contributed by atoms with E-state index in [2.05, 4.69) is 11.9 Å². The first-order valence-electron chi connectivity index (χ1n) is 7.50. The minimum absolute atomic E-state index is 0.207. The first-order chi connectivity index (χ1) is 8.97. The molecule has 2 fully saturated rings. The molecule has 2 aliphatic rings. The Morgan fingerprint density at radius 1 is 1.26 bits per heavy atom. The summed E-state index contributed by atoms with van der Waals surface area (Å²) in [6.45, 7) is 5.78. The van der Waals surface area contributed by atoms with Crippen LogP contribution in [0.2, 0.25) is 0 Å². The summed E-state index contributed by atoms with van der Waals surface area (Å²) < 4.78 is 5.41. The molecule has 4 nitrogen and oxygen atoms in total. The Labute approximate surface area is 116 Å². The standard InChI is InChI=1S/C15H27NO3/c1-11(2)15(14(17)18)7-4-13(10-15)16(3)12-5-8-19-9-6-12/h11-13H,4-10H2,1-3H3,(H,17,18)/t13-,15+/m1/s1. The highest BCUT2D eigenvalue weighted by molar-refractivity contribution is 5.75. The zero-order chi connectivity index (χ0) is 14.0. The molecule has 110 valence electrons. The van der Waals surface area contributed by atoms with Crippen LogP contribution in [0.1, 0.15) is 46.0 Å². The molecular formula is C15H27NO3. The lowest BCUT2D eigenvalue weighted by Gasteiger charge is -2.37. The van der Waals surface area contributed by atoms with E-state index in [4.69, 9.17) is 4.74 Å². The summed E-state index contributed by atoms with van der Waals surface area (Å²) in [7, 11) is 2.17. The van der Waals surface area contributed by atoms with Gasteiger partial charge in [0.25, 0.3) is 0 Å². The van der Waals surface area contributed by atoms with Crippen LogP contribution in [0.25, 0.3) is 0 Å². The Morgan fingerprint density at radius 3 is 2.37 bits per heavy atom. The smallest absolute Gasteiger partial charge is 0.309 e. The Kier molecular flexibility index (Phi) is 4.51. The van der Waals surface area contributed by atoms with Gasteiger partial charge in [0.05, 0.1) is 5.41 Å². The number of hydrogen-bond acceptors (Lipinski definition) is 3. The third kappa shape index (κ3) is 2.79. The van der Waals surface area contributed by atoms with Gasteiger partial charge in [-0.3, -0.25) is 4.79 Å². The highest BCUT2D eigenvalue weighted by Crippen LogP contribution is 2.46. The van der Waals surface area contributed by atoms with Gasteiger partial charge in [0.1, 0.15) is 0 Å². The van der Waals surface area contributed by atoms with Gasteiger partial charge in [0, 0.05) is 25.3 Å². The van der Waals surface area contributed by atoms with Gasteiger partial charge in [0.15, 0.2) is 0 Å². The summed E-state index contributed by atoms with van der Waals surface area (Å²) >= 11 is 0. The van der Waals surface area contributed by atoms with E-state index >= 15 is 0 Å². The Morgan fingerprint density at radius 2 is 1.89 bits per heavy atom. The van der Waals surface area contributed by atoms with Crippen molar-refractivity contribution < 1.29 is 14.6 Å². The van der Waals surface area contributed by atoms with Gasteiger partial charge in [-0.05, 0) is 45.1 Å². The van der Waals surface area contributed by atoms with Crippen molar-refractivity contribution in [1.82, 2.24) is 4.90 Å². The maximum atomic E-state index is 11.7. The lowest BCUT2D eigenvalue weighted by atomic mass is 9.75. The zero-order valence-electron chi connectivity index (χ0n) is 12.4. The summed E-state index contributed by atoms with van der Waals surface area (Å²) in [4.78, 5) is 14.1. The van der Waals surface area contributed by atoms with E-state index in [-0.39, 0.29) is 5.92 Å². The second-order valence-electron chi connectivity index (χ2n) is 6.52. The molecule has 0 amide bonds. The number of carbonyl (C=O) groups is 1. The Balaban J connectivity index is 2.02. The molecule has 1 heterocycles. The van der Waals surface area contributed by atoms with Crippen LogP contribution in [0, 0.1) is 11.3 Å². The molecule has 1 saturated carbocycles. The second kappa shape index (κ2) is 5.80. The van der Waals surface area contributed by atoms with Crippen molar-refractivity contribution in [3.8, 4) is 0 Å². The largest absolute Gasteiger partial charge is 0.481 e. The fraction of sp³-hybridized carbons (Fsp3) is 0.933. The van der Waals surface area contributed by atoms with E-state index in [1.807, 2.05) is 13.8 Å². The van der Waals surface area contributed by atoms with Crippen molar-refractivity contribution in [3.63, 3.8) is 0 Å². The Bertz CT molecular complexity index is 325. The average molecular weight is 269 g/mol. The molecule has 0 unspecified atom stereocenters. The van der Waals surface area contributed by atoms with Crippen LogP contribution in [-0.4, -0.2) is 48.3 Å². The number of nitrogens with zero attached hydrogens (tertiary/aromatic N) is 1. The molecule has 1 N–H and O–H groups in total. The molecule has 0 aromatic rings. The van der Waals surface area contributed by atoms with E-state index in [9.17, 15) is 9.90 Å². The van der Waals surface area contributed by atoms with Crippen LogP contribution in [0.5, 0.6) is 0 Å². The number of aliphatic carboxylic acids is 1. The van der Waals surface area contributed by atoms with Gasteiger partial charge in [-0.15, -0.1) is 0 Å². The highest BCUT2D eigenvalue weighted by Gasteiger charge is 2.49. The number of rotatable bonds is 4. The second-order valence-corrected chi connectivity index (χ2v) is 6.52. The van der Waals surface area contributed by atoms with Crippen LogP contribution in [0.3, 0.4) is 0 Å². The van der Waals surface area contributed by atoms with Crippen LogP contribution < -0.4 is 0 Å². The molecular weight excluding hydrogens is 242 g/mol. The molecule has 0 radical (unpaired) electrons. The summed E-state index contributed by atoms with van der Waals surface area (Å²) in [6.07, 6.45) is 4.79. The fourth-order valence-corrected chi connectivity index (χ4v) is 3.75. The van der Waals surface area contributed by atoms with E-state index in [0.29, 0.717) is 12.1 Å². The van der Waals surface area contributed by atoms with Crippen molar-refractivity contribution in [2.75, 3.05) is 20.3 Å². The number of hydrogen-bond donors (Lipinski definition) is 1. The minimum Gasteiger partial charge on any atom is -0.481 e. The minimum atomic E-state index is -0.606. The maximum absolute atomic E-state index is 11.7. The molecule has 0 aromatic heterocycles. The van der Waals surface area contributed by atoms with E-state index in [1.54, 1.807) is 0 Å². The van der Waals surface area contributed by atoms with Gasteiger partial charge in [-0.2, -0.15) is 0 Å². The average Bonchev–Trinajstić information content (AvgIpc) is 2.85. The fourth-order valence-electron chi connectivity index (χ4n) is 3.75. The van der Waals surface area contributed by atoms with E-state index < -0.39 is 11.4 Å². The lowest BCUT2D eigenvalue weighted by Crippen LogP contribution is -2.43. The van der Waals surface area contributed by atoms with Gasteiger partial charge >= 0.3 is 5.97 Å². The van der Waals surface area contributed by atoms with Crippen molar-refractivity contribution >= 4 is 5.97 Å². The first kappa shape index (κ1) is 14.8. The molecule has 19 heavy (non-hydrogen) atoms. The molecule has 1 aliphatic heterocycles. The molecule has 4 heteroatoms. The molecule has 2 atom stereocenters. The monoisotopic (exact) mass is 269 g/mol. The van der Waals surface area contributed by atoms with Crippen molar-refractivity contribution in [2.45, 2.75) is 58.0 Å². The number of carboxylic acids is 1. The third-order valence-corrected chi connectivity index (χ3v) is 5.40. The summed E-state index contributed by atoms with van der Waals surface area (Å²) in [5, 5.41) is 9.61. The highest BCUT2D eigenvalue weighted by atomic mass is 16.5. The van der Waals surface area contributed by atoms with E-state index in [1.165, 1.54) is 0 Å². The van der Waals surface area contributed by atoms with Crippen molar-refractivity contribution in [3.05, 3.63) is 0 Å². The van der Waals surface area contributed by atoms with Crippen LogP contribution in [0.15, 0.2) is 0 Å². The van der Waals surface area contributed by atoms with Crippen molar-refractivity contribution in [1.29, 1.82) is 0 Å². The van der Waals surface area contributed by atoms with E-state index in [0.717, 1.165) is 45.3 Å². The SMILES string of the molecule is CC(C)[C@]1(C(=O)O)CC[C@@H](N(C)C2CCOCC2)C1. The topological polar surface area (TPSA) is 49.8 Å². The normalized spacial score (nSPS) is 33.2. The Hall–Kier alpha value is -0.610. The van der Waals surface area contributed by atoms with Gasteiger partial charge < -0.3 is 14.7 Å². The third-order valence-electron chi connectivity index (χ3n) is 5.40. The van der Waals surface area contributed by atoms with Gasteiger partial charge in [0.2, 0.25) is 0 Å². The molecule has 1 aliphatic carbocycles. The lowest BCUT2D eigenvalue weighted by molar-refractivity contribution is -0.151. The molecule has 0 spiro atoms. The predicted octanol–water partition coefficient (Wildman–Crippen LogP) is 2.38. The number of ether oxygens (including phenoxy) is 1. The first-order valence-corrected chi connectivity index (χ1v) is 7.50. The molecule has 2 rings (SSSR count). The summed E-state index contributed by atoms with van der Waals surface area (Å²) in [5.41, 5.74) is -0.510. The quantitative estimate of drug-likeness (QED) is 0.851.